The summed E-state index contributed by atoms with van der Waals surface area (Å²) in [5, 5.41) is 0. The van der Waals surface area contributed by atoms with E-state index in [4.69, 9.17) is 10.2 Å². The molecule has 17 heavy (non-hydrogen) atoms. The molecule has 0 amide bonds. The minimum Gasteiger partial charge on any atom is -0.464 e. The zero-order chi connectivity index (χ0) is 12.6. The van der Waals surface area contributed by atoms with E-state index in [1.807, 2.05) is 19.9 Å². The highest BCUT2D eigenvalue weighted by Gasteiger charge is 2.16. The third kappa shape index (κ3) is 2.27. The normalized spacial score (nSPS) is 12.8. The van der Waals surface area contributed by atoms with Crippen LogP contribution in [0.1, 0.15) is 39.8 Å². The summed E-state index contributed by atoms with van der Waals surface area (Å²) in [7, 11) is 0. The molecule has 2 heteroatoms. The molecule has 2 aromatic rings. The van der Waals surface area contributed by atoms with Gasteiger partial charge in [-0.25, -0.2) is 0 Å². The molecule has 0 saturated carbocycles. The SMILES string of the molecule is Cc1ccc(C)c(C(N)c2cc(C)c(C)o2)c1. The van der Waals surface area contributed by atoms with Gasteiger partial charge in [-0.3, -0.25) is 0 Å². The Morgan fingerprint density at radius 3 is 2.29 bits per heavy atom. The van der Waals surface area contributed by atoms with E-state index in [0.29, 0.717) is 0 Å². The van der Waals surface area contributed by atoms with Crippen LogP contribution in [0.5, 0.6) is 0 Å². The number of benzene rings is 1. The first kappa shape index (κ1) is 11.9. The molecule has 1 unspecified atom stereocenters. The van der Waals surface area contributed by atoms with Crippen molar-refractivity contribution in [2.75, 3.05) is 0 Å². The third-order valence-electron chi connectivity index (χ3n) is 3.26. The van der Waals surface area contributed by atoms with Gasteiger partial charge >= 0.3 is 0 Å². The fourth-order valence-electron chi connectivity index (χ4n) is 2.00. The molecule has 1 heterocycles. The summed E-state index contributed by atoms with van der Waals surface area (Å²) in [6, 6.07) is 8.19. The molecular weight excluding hydrogens is 210 g/mol. The van der Waals surface area contributed by atoms with Gasteiger partial charge in [0.05, 0.1) is 6.04 Å². The molecule has 1 aromatic carbocycles. The van der Waals surface area contributed by atoms with Crippen molar-refractivity contribution in [2.45, 2.75) is 33.7 Å². The molecule has 2 rings (SSSR count). The van der Waals surface area contributed by atoms with E-state index < -0.39 is 0 Å². The lowest BCUT2D eigenvalue weighted by Gasteiger charge is -2.13. The van der Waals surface area contributed by atoms with Crippen LogP contribution in [0.2, 0.25) is 0 Å². The number of aryl methyl sites for hydroxylation is 4. The molecule has 2 N–H and O–H groups in total. The molecule has 0 bridgehead atoms. The maximum atomic E-state index is 6.27. The summed E-state index contributed by atoms with van der Waals surface area (Å²) in [5.74, 6) is 1.79. The highest BCUT2D eigenvalue weighted by Crippen LogP contribution is 2.26. The Kier molecular flexibility index (Phi) is 3.07. The molecule has 0 fully saturated rings. The second-order valence-corrected chi connectivity index (χ2v) is 4.73. The zero-order valence-corrected chi connectivity index (χ0v) is 10.9. The standard InChI is InChI=1S/C15H19NO/c1-9-5-6-10(2)13(7-9)15(16)14-8-11(3)12(4)17-14/h5-8,15H,16H2,1-4H3. The minimum atomic E-state index is -0.178. The summed E-state index contributed by atoms with van der Waals surface area (Å²) in [6.45, 7) is 8.17. The summed E-state index contributed by atoms with van der Waals surface area (Å²) in [4.78, 5) is 0. The highest BCUT2D eigenvalue weighted by molar-refractivity contribution is 5.37. The smallest absolute Gasteiger partial charge is 0.125 e. The first-order chi connectivity index (χ1) is 7.99. The summed E-state index contributed by atoms with van der Waals surface area (Å²) in [6.07, 6.45) is 0. The minimum absolute atomic E-state index is 0.178. The molecule has 90 valence electrons. The van der Waals surface area contributed by atoms with E-state index >= 15 is 0 Å². The average molecular weight is 229 g/mol. The van der Waals surface area contributed by atoms with Gasteiger partial charge in [-0.15, -0.1) is 0 Å². The van der Waals surface area contributed by atoms with E-state index in [-0.39, 0.29) is 6.04 Å². The van der Waals surface area contributed by atoms with Gasteiger partial charge in [-0.1, -0.05) is 23.8 Å². The van der Waals surface area contributed by atoms with E-state index in [1.54, 1.807) is 0 Å². The summed E-state index contributed by atoms with van der Waals surface area (Å²) >= 11 is 0. The molecule has 0 saturated heterocycles. The molecule has 0 aliphatic rings. The van der Waals surface area contributed by atoms with Crippen molar-refractivity contribution in [1.82, 2.24) is 0 Å². The lowest BCUT2D eigenvalue weighted by atomic mass is 9.98. The topological polar surface area (TPSA) is 39.2 Å². The van der Waals surface area contributed by atoms with Crippen LogP contribution in [0.3, 0.4) is 0 Å². The van der Waals surface area contributed by atoms with Crippen molar-refractivity contribution in [3.8, 4) is 0 Å². The lowest BCUT2D eigenvalue weighted by molar-refractivity contribution is 0.464. The maximum absolute atomic E-state index is 6.27. The van der Waals surface area contributed by atoms with Gasteiger partial charge < -0.3 is 10.2 Å². The number of hydrogen-bond acceptors (Lipinski definition) is 2. The van der Waals surface area contributed by atoms with Crippen LogP contribution >= 0.6 is 0 Å². The summed E-state index contributed by atoms with van der Waals surface area (Å²) < 4.78 is 5.70. The number of furan rings is 1. The number of nitrogens with two attached hydrogens (primary N) is 1. The molecule has 0 aliphatic carbocycles. The zero-order valence-electron chi connectivity index (χ0n) is 10.9. The average Bonchev–Trinajstić information content (AvgIpc) is 2.62. The predicted octanol–water partition coefficient (Wildman–Crippen LogP) is 3.56. The Bertz CT molecular complexity index is 520. The Labute approximate surface area is 102 Å². The van der Waals surface area contributed by atoms with Gasteiger partial charge in [0.25, 0.3) is 0 Å². The Morgan fingerprint density at radius 1 is 1.00 bits per heavy atom. The predicted molar refractivity (Wildman–Crippen MR) is 70.1 cm³/mol. The van der Waals surface area contributed by atoms with E-state index in [1.165, 1.54) is 11.1 Å². The first-order valence-corrected chi connectivity index (χ1v) is 5.88. The Balaban J connectivity index is 2.42. The third-order valence-corrected chi connectivity index (χ3v) is 3.26. The molecule has 1 atom stereocenters. The molecule has 0 spiro atoms. The van der Waals surface area contributed by atoms with Crippen LogP contribution in [-0.2, 0) is 0 Å². The van der Waals surface area contributed by atoms with Crippen LogP contribution in [-0.4, -0.2) is 0 Å². The van der Waals surface area contributed by atoms with Gasteiger partial charge in [-0.2, -0.15) is 0 Å². The van der Waals surface area contributed by atoms with Crippen molar-refractivity contribution in [3.63, 3.8) is 0 Å². The molecule has 2 nitrogen and oxygen atoms in total. The fourth-order valence-corrected chi connectivity index (χ4v) is 2.00. The van der Waals surface area contributed by atoms with Crippen LogP contribution in [0, 0.1) is 27.7 Å². The lowest BCUT2D eigenvalue weighted by Crippen LogP contribution is -2.12. The van der Waals surface area contributed by atoms with E-state index in [2.05, 4.69) is 32.0 Å². The van der Waals surface area contributed by atoms with Crippen LogP contribution < -0.4 is 5.73 Å². The largest absolute Gasteiger partial charge is 0.464 e. The molecule has 0 radical (unpaired) electrons. The van der Waals surface area contributed by atoms with Crippen molar-refractivity contribution in [1.29, 1.82) is 0 Å². The number of rotatable bonds is 2. The maximum Gasteiger partial charge on any atom is 0.125 e. The number of hydrogen-bond donors (Lipinski definition) is 1. The van der Waals surface area contributed by atoms with Crippen LogP contribution in [0.25, 0.3) is 0 Å². The van der Waals surface area contributed by atoms with Crippen molar-refractivity contribution >= 4 is 0 Å². The van der Waals surface area contributed by atoms with Crippen LogP contribution in [0.15, 0.2) is 28.7 Å². The van der Waals surface area contributed by atoms with Crippen molar-refractivity contribution < 1.29 is 4.42 Å². The molecular formula is C15H19NO. The van der Waals surface area contributed by atoms with Crippen LogP contribution in [0.4, 0.5) is 0 Å². The quantitative estimate of drug-likeness (QED) is 0.855. The van der Waals surface area contributed by atoms with Gasteiger partial charge in [0.1, 0.15) is 11.5 Å². The summed E-state index contributed by atoms with van der Waals surface area (Å²) in [5.41, 5.74) is 11.0. The Hall–Kier alpha value is -1.54. The van der Waals surface area contributed by atoms with Crippen molar-refractivity contribution in [2.24, 2.45) is 5.73 Å². The van der Waals surface area contributed by atoms with Gasteiger partial charge in [0, 0.05) is 0 Å². The van der Waals surface area contributed by atoms with Gasteiger partial charge in [-0.05, 0) is 50.5 Å². The van der Waals surface area contributed by atoms with E-state index in [0.717, 1.165) is 22.6 Å². The molecule has 0 aliphatic heterocycles. The van der Waals surface area contributed by atoms with Gasteiger partial charge in [0.2, 0.25) is 0 Å². The monoisotopic (exact) mass is 229 g/mol. The van der Waals surface area contributed by atoms with Crippen molar-refractivity contribution in [3.05, 3.63) is 58.0 Å². The fraction of sp³-hybridized carbons (Fsp3) is 0.333. The highest BCUT2D eigenvalue weighted by atomic mass is 16.3. The Morgan fingerprint density at radius 2 is 1.71 bits per heavy atom. The van der Waals surface area contributed by atoms with E-state index in [9.17, 15) is 0 Å². The van der Waals surface area contributed by atoms with Gasteiger partial charge in [0.15, 0.2) is 0 Å². The molecule has 1 aromatic heterocycles. The second-order valence-electron chi connectivity index (χ2n) is 4.73. The second kappa shape index (κ2) is 4.38. The first-order valence-electron chi connectivity index (χ1n) is 5.88.